The van der Waals surface area contributed by atoms with Crippen molar-refractivity contribution >= 4 is 24.3 Å². The van der Waals surface area contributed by atoms with Gasteiger partial charge >= 0.3 is 0 Å². The minimum absolute atomic E-state index is 0.103. The van der Waals surface area contributed by atoms with E-state index in [-0.39, 0.29) is 23.4 Å². The molecule has 4 atom stereocenters. The van der Waals surface area contributed by atoms with Gasteiger partial charge in [0.05, 0.1) is 12.4 Å². The molecule has 3 aliphatic rings. The molecule has 33 heavy (non-hydrogen) atoms. The van der Waals surface area contributed by atoms with Gasteiger partial charge in [-0.3, -0.25) is 8.98 Å². The Labute approximate surface area is 200 Å². The monoisotopic (exact) mass is 505 g/mol. The maximum Gasteiger partial charge on any atom is 0.264 e. The highest BCUT2D eigenvalue weighted by Crippen LogP contribution is 2.48. The van der Waals surface area contributed by atoms with Gasteiger partial charge in [-0.2, -0.15) is 8.42 Å². The maximum absolute atomic E-state index is 13.9. The first-order valence-electron chi connectivity index (χ1n) is 12.2. The Morgan fingerprint density at radius 2 is 1.67 bits per heavy atom. The largest absolute Gasteiger partial charge is 0.402 e. The summed E-state index contributed by atoms with van der Waals surface area (Å²) in [6.45, 7) is 14.2. The van der Waals surface area contributed by atoms with Crippen molar-refractivity contribution in [2.75, 3.05) is 6.26 Å². The minimum atomic E-state index is -3.79. The van der Waals surface area contributed by atoms with Crippen molar-refractivity contribution in [3.05, 3.63) is 0 Å². The van der Waals surface area contributed by atoms with Crippen LogP contribution in [0.25, 0.3) is 0 Å². The van der Waals surface area contributed by atoms with Gasteiger partial charge in [0.1, 0.15) is 17.8 Å². The van der Waals surface area contributed by atoms with Gasteiger partial charge in [-0.25, -0.2) is 0 Å². The molecule has 0 aromatic rings. The van der Waals surface area contributed by atoms with E-state index in [0.29, 0.717) is 6.42 Å². The first kappa shape index (κ1) is 27.1. The number of amides is 1. The summed E-state index contributed by atoms with van der Waals surface area (Å²) in [5.41, 5.74) is -1.25. The van der Waals surface area contributed by atoms with Crippen LogP contribution in [-0.4, -0.2) is 64.6 Å². The lowest BCUT2D eigenvalue weighted by Crippen LogP contribution is -2.65. The molecule has 3 rings (SSSR count). The molecule has 192 valence electrons. The summed E-state index contributed by atoms with van der Waals surface area (Å²) >= 11 is 0. The molecule has 8 nitrogen and oxygen atoms in total. The summed E-state index contributed by atoms with van der Waals surface area (Å²) in [6.07, 6.45) is 4.73. The highest BCUT2D eigenvalue weighted by Gasteiger charge is 2.60. The number of nitrogens with one attached hydrogen (secondary N) is 1. The first-order valence-corrected chi connectivity index (χ1v) is 16.9. The quantitative estimate of drug-likeness (QED) is 0.432. The van der Waals surface area contributed by atoms with Crippen LogP contribution in [0.5, 0.6) is 0 Å². The number of rotatable bonds is 6. The predicted octanol–water partition coefficient (Wildman–Crippen LogP) is 3.85. The fourth-order valence-corrected chi connectivity index (χ4v) is 7.19. The summed E-state index contributed by atoms with van der Waals surface area (Å²) in [5, 5.41) is 3.11. The normalized spacial score (nSPS) is 33.5. The summed E-state index contributed by atoms with van der Waals surface area (Å²) in [4.78, 5) is 13.9. The molecule has 0 aromatic heterocycles. The lowest BCUT2D eigenvalue weighted by atomic mass is 9.78. The number of hydrogen-bond acceptors (Lipinski definition) is 7. The Morgan fingerprint density at radius 1 is 1.06 bits per heavy atom. The average molecular weight is 506 g/mol. The summed E-state index contributed by atoms with van der Waals surface area (Å²) in [7, 11) is -6.21. The van der Waals surface area contributed by atoms with Crippen LogP contribution >= 0.6 is 0 Å². The van der Waals surface area contributed by atoms with Crippen LogP contribution in [0.15, 0.2) is 0 Å². The zero-order valence-corrected chi connectivity index (χ0v) is 23.3. The van der Waals surface area contributed by atoms with Crippen LogP contribution in [0.2, 0.25) is 18.1 Å². The molecule has 1 heterocycles. The van der Waals surface area contributed by atoms with Gasteiger partial charge in [0.15, 0.2) is 14.1 Å². The van der Waals surface area contributed by atoms with Crippen LogP contribution in [0.4, 0.5) is 0 Å². The molecular weight excluding hydrogens is 462 g/mol. The molecule has 10 heteroatoms. The summed E-state index contributed by atoms with van der Waals surface area (Å²) in [5.74, 6) is -1.09. The Morgan fingerprint density at radius 3 is 2.21 bits per heavy atom. The second-order valence-corrected chi connectivity index (χ2v) is 18.4. The average Bonchev–Trinajstić information content (AvgIpc) is 2.94. The fraction of sp³-hybridized carbons (Fsp3) is 0.957. The topological polar surface area (TPSA) is 100 Å². The molecule has 0 spiro atoms. The molecule has 1 aliphatic heterocycles. The molecule has 0 bridgehead atoms. The highest BCUT2D eigenvalue weighted by atomic mass is 32.2. The van der Waals surface area contributed by atoms with Crippen LogP contribution < -0.4 is 5.32 Å². The minimum Gasteiger partial charge on any atom is -0.402 e. The maximum atomic E-state index is 13.9. The van der Waals surface area contributed by atoms with Gasteiger partial charge in [-0.15, -0.1) is 0 Å². The Balaban J connectivity index is 1.99. The van der Waals surface area contributed by atoms with E-state index < -0.39 is 48.1 Å². The Kier molecular flexibility index (Phi) is 7.52. The molecular formula is C23H43NO7SSi. The van der Waals surface area contributed by atoms with Crippen molar-refractivity contribution in [3.8, 4) is 0 Å². The van der Waals surface area contributed by atoms with Crippen molar-refractivity contribution in [2.45, 2.75) is 133 Å². The second-order valence-electron chi connectivity index (χ2n) is 12.1. The van der Waals surface area contributed by atoms with Crippen molar-refractivity contribution in [3.63, 3.8) is 0 Å². The van der Waals surface area contributed by atoms with Crippen molar-refractivity contribution in [1.82, 2.24) is 5.32 Å². The number of fused-ring (bicyclic) bond motifs is 1. The van der Waals surface area contributed by atoms with E-state index in [1.807, 2.05) is 0 Å². The second kappa shape index (κ2) is 9.17. The molecule has 1 N–H and O–H groups in total. The lowest BCUT2D eigenvalue weighted by Gasteiger charge is -2.49. The molecule has 1 amide bonds. The van der Waals surface area contributed by atoms with E-state index in [4.69, 9.17) is 18.1 Å². The molecule has 0 radical (unpaired) electrons. The van der Waals surface area contributed by atoms with E-state index in [2.05, 4.69) is 39.2 Å². The molecule has 2 saturated carbocycles. The van der Waals surface area contributed by atoms with Crippen LogP contribution in [-0.2, 0) is 33.0 Å². The van der Waals surface area contributed by atoms with Crippen molar-refractivity contribution in [1.29, 1.82) is 0 Å². The number of carbonyl (C=O) groups excluding carboxylic acids is 1. The number of carbonyl (C=O) groups is 1. The molecule has 3 fully saturated rings. The summed E-state index contributed by atoms with van der Waals surface area (Å²) < 4.78 is 48.9. The third-order valence-electron chi connectivity index (χ3n) is 7.56. The van der Waals surface area contributed by atoms with E-state index >= 15 is 0 Å². The number of ether oxygens (including phenoxy) is 2. The van der Waals surface area contributed by atoms with E-state index in [1.54, 1.807) is 13.8 Å². The first-order chi connectivity index (χ1) is 14.9. The van der Waals surface area contributed by atoms with Gasteiger partial charge in [0.2, 0.25) is 0 Å². The SMILES string of the molecule is CC1(C)O[C@H]2[C@@H](OS(C)(=O)=O)C[C@](O[Si](C)(C)C(C)(C)C)(C(=O)NC3CCCCC3)C[C@H]2O1. The van der Waals surface area contributed by atoms with Gasteiger partial charge in [0.25, 0.3) is 16.0 Å². The van der Waals surface area contributed by atoms with Crippen molar-refractivity contribution in [2.24, 2.45) is 0 Å². The van der Waals surface area contributed by atoms with Crippen LogP contribution in [0, 0.1) is 0 Å². The Hall–Kier alpha value is -0.523. The zero-order valence-electron chi connectivity index (χ0n) is 21.5. The Bertz CT molecular complexity index is 832. The lowest BCUT2D eigenvalue weighted by molar-refractivity contribution is -0.154. The van der Waals surface area contributed by atoms with E-state index in [0.717, 1.165) is 31.9 Å². The van der Waals surface area contributed by atoms with E-state index in [1.165, 1.54) is 6.42 Å². The van der Waals surface area contributed by atoms with Gasteiger partial charge in [0, 0.05) is 18.9 Å². The third-order valence-corrected chi connectivity index (χ3v) is 12.7. The van der Waals surface area contributed by atoms with Crippen molar-refractivity contribution < 1.29 is 31.3 Å². The smallest absolute Gasteiger partial charge is 0.264 e. The van der Waals surface area contributed by atoms with Gasteiger partial charge in [-0.1, -0.05) is 40.0 Å². The van der Waals surface area contributed by atoms with E-state index in [9.17, 15) is 13.2 Å². The van der Waals surface area contributed by atoms with Gasteiger partial charge < -0.3 is 19.2 Å². The standard InChI is InChI=1S/C23H43NO7SSi/c1-21(2,3)33(7,8)31-23(20(25)24-16-12-10-9-11-13-16)14-17-19(29-22(4,5)28-17)18(15-23)30-32(6,26)27/h16-19H,9-15H2,1-8H3,(H,24,25)/t17-,18+,19-,23+/m1/s1. The van der Waals surface area contributed by atoms with Crippen LogP contribution in [0.3, 0.4) is 0 Å². The van der Waals surface area contributed by atoms with Crippen LogP contribution in [0.1, 0.15) is 79.6 Å². The molecule has 2 aliphatic carbocycles. The third kappa shape index (κ3) is 6.38. The number of hydrogen-bond donors (Lipinski definition) is 1. The fourth-order valence-electron chi connectivity index (χ4n) is 5.02. The molecule has 0 aromatic carbocycles. The highest BCUT2D eigenvalue weighted by molar-refractivity contribution is 7.86. The molecule has 1 saturated heterocycles. The zero-order chi connectivity index (χ0) is 24.9. The van der Waals surface area contributed by atoms with Gasteiger partial charge in [-0.05, 0) is 44.8 Å². The molecule has 0 unspecified atom stereocenters. The summed E-state index contributed by atoms with van der Waals surface area (Å²) in [6, 6.07) is 0.107. The predicted molar refractivity (Wildman–Crippen MR) is 129 cm³/mol.